The minimum Gasteiger partial charge on any atom is -0.355 e. The lowest BCUT2D eigenvalue weighted by atomic mass is 10.1. The third-order valence-electron chi connectivity index (χ3n) is 2.33. The molecule has 0 saturated heterocycles. The van der Waals surface area contributed by atoms with E-state index in [1.165, 1.54) is 0 Å². The molecule has 0 aliphatic heterocycles. The number of benzene rings is 1. The van der Waals surface area contributed by atoms with Gasteiger partial charge in [0.25, 0.3) is 5.91 Å². The lowest BCUT2D eigenvalue weighted by Gasteiger charge is -2.04. The van der Waals surface area contributed by atoms with Crippen LogP contribution in [0.3, 0.4) is 0 Å². The summed E-state index contributed by atoms with van der Waals surface area (Å²) in [6, 6.07) is 7.13. The van der Waals surface area contributed by atoms with Crippen molar-refractivity contribution in [2.45, 2.75) is 20.4 Å². The molecule has 0 aliphatic carbocycles. The molecule has 0 bridgehead atoms. The zero-order valence-electron chi connectivity index (χ0n) is 10.9. The molecule has 96 valence electrons. The topological polar surface area (TPSA) is 58.2 Å². The molecular formula is C14H18N2O2. The quantitative estimate of drug-likeness (QED) is 0.793. The van der Waals surface area contributed by atoms with Gasteiger partial charge < -0.3 is 10.6 Å². The van der Waals surface area contributed by atoms with Gasteiger partial charge in [-0.3, -0.25) is 9.59 Å². The zero-order chi connectivity index (χ0) is 13.5. The summed E-state index contributed by atoms with van der Waals surface area (Å²) in [6.45, 7) is 4.20. The molecule has 0 radical (unpaired) electrons. The molecule has 1 rings (SSSR count). The van der Waals surface area contributed by atoms with E-state index in [0.29, 0.717) is 12.1 Å². The van der Waals surface area contributed by atoms with Crippen LogP contribution in [0.5, 0.6) is 0 Å². The van der Waals surface area contributed by atoms with Gasteiger partial charge in [-0.25, -0.2) is 0 Å². The Morgan fingerprint density at radius 2 is 1.78 bits per heavy atom. The average molecular weight is 246 g/mol. The van der Waals surface area contributed by atoms with Crippen LogP contribution in [-0.2, 0) is 11.3 Å². The van der Waals surface area contributed by atoms with Gasteiger partial charge in [-0.2, -0.15) is 0 Å². The number of amides is 2. The van der Waals surface area contributed by atoms with Gasteiger partial charge in [-0.05, 0) is 31.5 Å². The normalized spacial score (nSPS) is 9.50. The fourth-order valence-corrected chi connectivity index (χ4v) is 1.42. The maximum atomic E-state index is 11.4. The van der Waals surface area contributed by atoms with E-state index in [2.05, 4.69) is 10.6 Å². The van der Waals surface area contributed by atoms with Gasteiger partial charge in [0.15, 0.2) is 0 Å². The van der Waals surface area contributed by atoms with Crippen molar-refractivity contribution in [1.82, 2.24) is 10.6 Å². The number of nitrogens with one attached hydrogen (secondary N) is 2. The third-order valence-corrected chi connectivity index (χ3v) is 2.33. The Kier molecular flexibility index (Phi) is 5.11. The highest BCUT2D eigenvalue weighted by Crippen LogP contribution is 2.04. The second-order valence-electron chi connectivity index (χ2n) is 4.22. The number of hydrogen-bond donors (Lipinski definition) is 2. The third kappa shape index (κ3) is 4.41. The van der Waals surface area contributed by atoms with Crippen molar-refractivity contribution < 1.29 is 9.59 Å². The van der Waals surface area contributed by atoms with E-state index in [9.17, 15) is 9.59 Å². The monoisotopic (exact) mass is 246 g/mol. The molecular weight excluding hydrogens is 228 g/mol. The van der Waals surface area contributed by atoms with E-state index in [0.717, 1.165) is 11.1 Å². The molecule has 0 spiro atoms. The first-order valence-electron chi connectivity index (χ1n) is 5.76. The van der Waals surface area contributed by atoms with Gasteiger partial charge >= 0.3 is 0 Å². The lowest BCUT2D eigenvalue weighted by molar-refractivity contribution is -0.116. The maximum Gasteiger partial charge on any atom is 0.251 e. The van der Waals surface area contributed by atoms with Crippen LogP contribution in [0.25, 0.3) is 0 Å². The molecule has 0 saturated carbocycles. The standard InChI is InChI=1S/C14H18N2O2/c1-10(2)8-13(17)16-9-11-4-6-12(7-5-11)14(18)15-3/h4-8H,9H2,1-3H3,(H,15,18)(H,16,17). The average Bonchev–Trinajstić information content (AvgIpc) is 2.35. The molecule has 0 atom stereocenters. The highest BCUT2D eigenvalue weighted by molar-refractivity contribution is 5.94. The van der Waals surface area contributed by atoms with E-state index in [1.807, 2.05) is 26.0 Å². The summed E-state index contributed by atoms with van der Waals surface area (Å²) < 4.78 is 0. The van der Waals surface area contributed by atoms with Crippen LogP contribution >= 0.6 is 0 Å². The Balaban J connectivity index is 2.57. The van der Waals surface area contributed by atoms with Crippen molar-refractivity contribution in [2.75, 3.05) is 7.05 Å². The van der Waals surface area contributed by atoms with Crippen LogP contribution in [0.1, 0.15) is 29.8 Å². The molecule has 18 heavy (non-hydrogen) atoms. The largest absolute Gasteiger partial charge is 0.355 e. The van der Waals surface area contributed by atoms with Gasteiger partial charge in [0.2, 0.25) is 5.91 Å². The maximum absolute atomic E-state index is 11.4. The predicted octanol–water partition coefficient (Wildman–Crippen LogP) is 1.63. The SMILES string of the molecule is CNC(=O)c1ccc(CNC(=O)C=C(C)C)cc1. The van der Waals surface area contributed by atoms with Crippen molar-refractivity contribution in [3.05, 3.63) is 47.0 Å². The van der Waals surface area contributed by atoms with Crippen LogP contribution < -0.4 is 10.6 Å². The van der Waals surface area contributed by atoms with Crippen molar-refractivity contribution >= 4 is 11.8 Å². The molecule has 0 unspecified atom stereocenters. The predicted molar refractivity (Wildman–Crippen MR) is 71.1 cm³/mol. The molecule has 1 aromatic carbocycles. The number of allylic oxidation sites excluding steroid dienone is 1. The Hall–Kier alpha value is -2.10. The van der Waals surface area contributed by atoms with E-state index in [-0.39, 0.29) is 11.8 Å². The van der Waals surface area contributed by atoms with Gasteiger partial charge in [0.1, 0.15) is 0 Å². The van der Waals surface area contributed by atoms with Crippen molar-refractivity contribution in [2.24, 2.45) is 0 Å². The molecule has 0 fully saturated rings. The Morgan fingerprint density at radius 3 is 2.28 bits per heavy atom. The first-order chi connectivity index (χ1) is 8.52. The van der Waals surface area contributed by atoms with Crippen LogP contribution in [-0.4, -0.2) is 18.9 Å². The van der Waals surface area contributed by atoms with E-state index < -0.39 is 0 Å². The van der Waals surface area contributed by atoms with E-state index in [4.69, 9.17) is 0 Å². The van der Waals surface area contributed by atoms with Gasteiger partial charge in [-0.15, -0.1) is 0 Å². The molecule has 0 heterocycles. The molecule has 4 nitrogen and oxygen atoms in total. The molecule has 0 aliphatic rings. The van der Waals surface area contributed by atoms with Crippen LogP contribution in [0.2, 0.25) is 0 Å². The summed E-state index contributed by atoms with van der Waals surface area (Å²) in [4.78, 5) is 22.7. The second kappa shape index (κ2) is 6.59. The fraction of sp³-hybridized carbons (Fsp3) is 0.286. The first-order valence-corrected chi connectivity index (χ1v) is 5.76. The Labute approximate surface area is 107 Å². The summed E-state index contributed by atoms with van der Waals surface area (Å²) in [7, 11) is 1.59. The van der Waals surface area contributed by atoms with Gasteiger partial charge in [0.05, 0.1) is 0 Å². The minimum atomic E-state index is -0.116. The van der Waals surface area contributed by atoms with Crippen LogP contribution in [0.4, 0.5) is 0 Å². The molecule has 2 amide bonds. The molecule has 4 heteroatoms. The summed E-state index contributed by atoms with van der Waals surface area (Å²) >= 11 is 0. The second-order valence-corrected chi connectivity index (χ2v) is 4.22. The van der Waals surface area contributed by atoms with Crippen molar-refractivity contribution in [3.8, 4) is 0 Å². The summed E-state index contributed by atoms with van der Waals surface area (Å²) in [5.74, 6) is -0.222. The Morgan fingerprint density at radius 1 is 1.17 bits per heavy atom. The Bertz CT molecular complexity index is 457. The van der Waals surface area contributed by atoms with E-state index in [1.54, 1.807) is 25.3 Å². The van der Waals surface area contributed by atoms with Crippen LogP contribution in [0, 0.1) is 0 Å². The van der Waals surface area contributed by atoms with E-state index >= 15 is 0 Å². The lowest BCUT2D eigenvalue weighted by Crippen LogP contribution is -2.21. The van der Waals surface area contributed by atoms with Crippen molar-refractivity contribution in [3.63, 3.8) is 0 Å². The number of rotatable bonds is 4. The van der Waals surface area contributed by atoms with Gasteiger partial charge in [0, 0.05) is 25.2 Å². The number of carbonyl (C=O) groups is 2. The molecule has 0 aromatic heterocycles. The minimum absolute atomic E-state index is 0.106. The van der Waals surface area contributed by atoms with Gasteiger partial charge in [-0.1, -0.05) is 17.7 Å². The highest BCUT2D eigenvalue weighted by atomic mass is 16.2. The highest BCUT2D eigenvalue weighted by Gasteiger charge is 2.02. The summed E-state index contributed by atoms with van der Waals surface area (Å²) in [6.07, 6.45) is 1.55. The van der Waals surface area contributed by atoms with Crippen LogP contribution in [0.15, 0.2) is 35.9 Å². The zero-order valence-corrected chi connectivity index (χ0v) is 10.9. The fourth-order valence-electron chi connectivity index (χ4n) is 1.42. The first kappa shape index (κ1) is 14.0. The smallest absolute Gasteiger partial charge is 0.251 e. The molecule has 2 N–H and O–H groups in total. The summed E-state index contributed by atoms with van der Waals surface area (Å²) in [5.41, 5.74) is 2.53. The van der Waals surface area contributed by atoms with Crippen molar-refractivity contribution in [1.29, 1.82) is 0 Å². The number of hydrogen-bond acceptors (Lipinski definition) is 2. The number of carbonyl (C=O) groups excluding carboxylic acids is 2. The summed E-state index contributed by atoms with van der Waals surface area (Å²) in [5, 5.41) is 5.33. The molecule has 1 aromatic rings.